The van der Waals surface area contributed by atoms with Crippen molar-refractivity contribution in [1.29, 1.82) is 0 Å². The SMILES string of the molecule is CCNCc1ccc(Sc2ncccn2)cc1Br. The largest absolute Gasteiger partial charge is 0.313 e. The van der Waals surface area contributed by atoms with Gasteiger partial charge in [0.1, 0.15) is 0 Å². The van der Waals surface area contributed by atoms with Crippen LogP contribution in [0.3, 0.4) is 0 Å². The van der Waals surface area contributed by atoms with Crippen molar-refractivity contribution in [3.63, 3.8) is 0 Å². The van der Waals surface area contributed by atoms with E-state index in [1.165, 1.54) is 5.56 Å². The maximum atomic E-state index is 4.20. The molecular weight excluding hydrogens is 310 g/mol. The predicted octanol–water partition coefficient (Wildman–Crippen LogP) is 3.50. The second-order valence-corrected chi connectivity index (χ2v) is 5.56. The molecule has 0 aliphatic heterocycles. The highest BCUT2D eigenvalue weighted by molar-refractivity contribution is 9.10. The Hall–Kier alpha value is -0.910. The number of hydrogen-bond acceptors (Lipinski definition) is 4. The van der Waals surface area contributed by atoms with E-state index in [2.05, 4.69) is 56.3 Å². The van der Waals surface area contributed by atoms with Crippen molar-refractivity contribution in [3.05, 3.63) is 46.7 Å². The molecule has 1 aromatic carbocycles. The van der Waals surface area contributed by atoms with E-state index in [4.69, 9.17) is 0 Å². The number of nitrogens with zero attached hydrogens (tertiary/aromatic N) is 2. The quantitative estimate of drug-likeness (QED) is 0.854. The van der Waals surface area contributed by atoms with Crippen LogP contribution in [0.4, 0.5) is 0 Å². The van der Waals surface area contributed by atoms with Gasteiger partial charge >= 0.3 is 0 Å². The van der Waals surface area contributed by atoms with Crippen molar-refractivity contribution in [2.24, 2.45) is 0 Å². The standard InChI is InChI=1S/C13H14BrN3S/c1-2-15-9-10-4-5-11(8-12(10)14)18-13-16-6-3-7-17-13/h3-8,15H,2,9H2,1H3. The maximum Gasteiger partial charge on any atom is 0.192 e. The van der Waals surface area contributed by atoms with Crippen LogP contribution in [0.5, 0.6) is 0 Å². The minimum Gasteiger partial charge on any atom is -0.313 e. The minimum atomic E-state index is 0.767. The summed E-state index contributed by atoms with van der Waals surface area (Å²) < 4.78 is 1.12. The first-order valence-corrected chi connectivity index (χ1v) is 7.34. The fourth-order valence-electron chi connectivity index (χ4n) is 1.44. The van der Waals surface area contributed by atoms with Gasteiger partial charge in [0.25, 0.3) is 0 Å². The summed E-state index contributed by atoms with van der Waals surface area (Å²) in [5.41, 5.74) is 1.26. The smallest absolute Gasteiger partial charge is 0.192 e. The Morgan fingerprint density at radius 1 is 1.28 bits per heavy atom. The Morgan fingerprint density at radius 3 is 2.72 bits per heavy atom. The molecule has 0 atom stereocenters. The lowest BCUT2D eigenvalue weighted by molar-refractivity contribution is 0.724. The zero-order valence-electron chi connectivity index (χ0n) is 10.1. The molecule has 0 spiro atoms. The van der Waals surface area contributed by atoms with Crippen molar-refractivity contribution in [2.45, 2.75) is 23.5 Å². The number of aromatic nitrogens is 2. The van der Waals surface area contributed by atoms with Crippen LogP contribution in [0.25, 0.3) is 0 Å². The molecule has 3 nitrogen and oxygen atoms in total. The molecular formula is C13H14BrN3S. The maximum absolute atomic E-state index is 4.20. The Bertz CT molecular complexity index is 505. The van der Waals surface area contributed by atoms with E-state index in [1.807, 2.05) is 6.07 Å². The molecule has 1 N–H and O–H groups in total. The molecule has 0 saturated heterocycles. The molecule has 0 saturated carbocycles. The first-order chi connectivity index (χ1) is 8.79. The van der Waals surface area contributed by atoms with Gasteiger partial charge in [-0.15, -0.1) is 0 Å². The lowest BCUT2D eigenvalue weighted by Gasteiger charge is -2.07. The molecule has 0 aliphatic rings. The summed E-state index contributed by atoms with van der Waals surface area (Å²) in [5.74, 6) is 0. The second-order valence-electron chi connectivity index (χ2n) is 3.67. The summed E-state index contributed by atoms with van der Waals surface area (Å²) in [5, 5.41) is 4.08. The van der Waals surface area contributed by atoms with Crippen molar-refractivity contribution in [2.75, 3.05) is 6.54 Å². The Balaban J connectivity index is 2.09. The van der Waals surface area contributed by atoms with E-state index >= 15 is 0 Å². The monoisotopic (exact) mass is 323 g/mol. The summed E-state index contributed by atoms with van der Waals surface area (Å²) in [6.07, 6.45) is 3.51. The third-order valence-corrected chi connectivity index (χ3v) is 3.96. The minimum absolute atomic E-state index is 0.767. The third kappa shape index (κ3) is 3.80. The molecule has 18 heavy (non-hydrogen) atoms. The van der Waals surface area contributed by atoms with E-state index in [0.29, 0.717) is 0 Å². The van der Waals surface area contributed by atoms with Crippen molar-refractivity contribution >= 4 is 27.7 Å². The van der Waals surface area contributed by atoms with Gasteiger partial charge in [0.05, 0.1) is 0 Å². The highest BCUT2D eigenvalue weighted by atomic mass is 79.9. The number of hydrogen-bond donors (Lipinski definition) is 1. The number of halogens is 1. The molecule has 2 rings (SSSR count). The van der Waals surface area contributed by atoms with Gasteiger partial charge in [0, 0.05) is 28.3 Å². The van der Waals surface area contributed by atoms with Gasteiger partial charge in [0.15, 0.2) is 5.16 Å². The van der Waals surface area contributed by atoms with Crippen molar-refractivity contribution < 1.29 is 0 Å². The van der Waals surface area contributed by atoms with E-state index in [1.54, 1.807) is 24.2 Å². The average molecular weight is 324 g/mol. The topological polar surface area (TPSA) is 37.8 Å². The van der Waals surface area contributed by atoms with Crippen LogP contribution in [0, 0.1) is 0 Å². The van der Waals surface area contributed by atoms with E-state index in [0.717, 1.165) is 27.6 Å². The van der Waals surface area contributed by atoms with Crippen LogP contribution in [0.1, 0.15) is 12.5 Å². The molecule has 1 heterocycles. The average Bonchev–Trinajstić information content (AvgIpc) is 2.39. The van der Waals surface area contributed by atoms with Gasteiger partial charge in [0.2, 0.25) is 0 Å². The summed E-state index contributed by atoms with van der Waals surface area (Å²) in [6.45, 7) is 3.95. The summed E-state index contributed by atoms with van der Waals surface area (Å²) >= 11 is 5.16. The van der Waals surface area contributed by atoms with Crippen LogP contribution in [-0.4, -0.2) is 16.5 Å². The molecule has 0 fully saturated rings. The first-order valence-electron chi connectivity index (χ1n) is 5.73. The molecule has 5 heteroatoms. The Morgan fingerprint density at radius 2 is 2.06 bits per heavy atom. The normalized spacial score (nSPS) is 10.6. The van der Waals surface area contributed by atoms with Gasteiger partial charge in [-0.25, -0.2) is 9.97 Å². The van der Waals surface area contributed by atoms with Crippen molar-refractivity contribution in [3.8, 4) is 0 Å². The lowest BCUT2D eigenvalue weighted by Crippen LogP contribution is -2.11. The fraction of sp³-hybridized carbons (Fsp3) is 0.231. The number of benzene rings is 1. The second kappa shape index (κ2) is 6.87. The van der Waals surface area contributed by atoms with Gasteiger partial charge in [-0.2, -0.15) is 0 Å². The predicted molar refractivity (Wildman–Crippen MR) is 77.7 cm³/mol. The van der Waals surface area contributed by atoms with Crippen LogP contribution in [0.2, 0.25) is 0 Å². The van der Waals surface area contributed by atoms with Crippen molar-refractivity contribution in [1.82, 2.24) is 15.3 Å². The number of rotatable bonds is 5. The van der Waals surface area contributed by atoms with Crippen LogP contribution in [-0.2, 0) is 6.54 Å². The van der Waals surface area contributed by atoms with E-state index in [-0.39, 0.29) is 0 Å². The molecule has 1 aromatic heterocycles. The molecule has 0 unspecified atom stereocenters. The van der Waals surface area contributed by atoms with Crippen LogP contribution in [0.15, 0.2) is 51.2 Å². The lowest BCUT2D eigenvalue weighted by atomic mass is 10.2. The fourth-order valence-corrected chi connectivity index (χ4v) is 2.86. The van der Waals surface area contributed by atoms with Crippen LogP contribution < -0.4 is 5.32 Å². The molecule has 2 aromatic rings. The molecule has 94 valence electrons. The van der Waals surface area contributed by atoms with Crippen LogP contribution >= 0.6 is 27.7 Å². The highest BCUT2D eigenvalue weighted by Crippen LogP contribution is 2.28. The molecule has 0 aliphatic carbocycles. The zero-order chi connectivity index (χ0) is 12.8. The Labute approximate surface area is 120 Å². The number of nitrogens with one attached hydrogen (secondary N) is 1. The highest BCUT2D eigenvalue weighted by Gasteiger charge is 2.04. The first kappa shape index (κ1) is 13.5. The van der Waals surface area contributed by atoms with Gasteiger partial charge < -0.3 is 5.32 Å². The summed E-state index contributed by atoms with van der Waals surface area (Å²) in [6, 6.07) is 8.14. The Kier molecular flexibility index (Phi) is 5.16. The molecule has 0 bridgehead atoms. The summed E-state index contributed by atoms with van der Waals surface area (Å²) in [7, 11) is 0. The molecule has 0 radical (unpaired) electrons. The zero-order valence-corrected chi connectivity index (χ0v) is 12.5. The van der Waals surface area contributed by atoms with Gasteiger partial charge in [-0.3, -0.25) is 0 Å². The van der Waals surface area contributed by atoms with E-state index in [9.17, 15) is 0 Å². The molecule has 0 amide bonds. The third-order valence-electron chi connectivity index (χ3n) is 2.34. The summed E-state index contributed by atoms with van der Waals surface area (Å²) in [4.78, 5) is 9.53. The van der Waals surface area contributed by atoms with Gasteiger partial charge in [-0.1, -0.05) is 28.9 Å². The van der Waals surface area contributed by atoms with E-state index < -0.39 is 0 Å². The van der Waals surface area contributed by atoms with Gasteiger partial charge in [-0.05, 0) is 42.1 Å².